The van der Waals surface area contributed by atoms with Crippen molar-refractivity contribution in [3.05, 3.63) is 40.3 Å². The average molecular weight is 365 g/mol. The Hall–Kier alpha value is -2.17. The number of nitrogens with zero attached hydrogens (tertiary/aromatic N) is 2. The van der Waals surface area contributed by atoms with Crippen LogP contribution in [0, 0.1) is 30.1 Å². The van der Waals surface area contributed by atoms with Gasteiger partial charge in [-0.05, 0) is 74.7 Å². The number of amides is 1. The van der Waals surface area contributed by atoms with Crippen LogP contribution in [0.2, 0.25) is 0 Å². The lowest BCUT2D eigenvalue weighted by molar-refractivity contribution is -0.124. The van der Waals surface area contributed by atoms with Crippen LogP contribution in [0.1, 0.15) is 44.2 Å². The van der Waals surface area contributed by atoms with Gasteiger partial charge < -0.3 is 5.32 Å². The third-order valence-electron chi connectivity index (χ3n) is 7.17. The van der Waals surface area contributed by atoms with Crippen molar-refractivity contribution in [3.8, 4) is 0 Å². The van der Waals surface area contributed by atoms with E-state index >= 15 is 0 Å². The standard InChI is InChI=1S/C22H27N3O2/c1-14-18-4-2-3-5-19(18)21(27)25(24-14)12-20(26)23-13-22-9-15-6-16(10-22)8-17(7-15)11-22/h2-5,15-17H,6-13H2,1H3,(H,23,26). The minimum atomic E-state index is -0.193. The summed E-state index contributed by atoms with van der Waals surface area (Å²) in [6.45, 7) is 2.64. The molecule has 0 spiro atoms. The smallest absolute Gasteiger partial charge is 0.275 e. The topological polar surface area (TPSA) is 64.0 Å². The maximum absolute atomic E-state index is 12.7. The first kappa shape index (κ1) is 17.0. The number of hydrogen-bond acceptors (Lipinski definition) is 3. The van der Waals surface area contributed by atoms with Crippen LogP contribution in [-0.2, 0) is 11.3 Å². The molecular weight excluding hydrogens is 338 g/mol. The van der Waals surface area contributed by atoms with Crippen molar-refractivity contribution in [1.82, 2.24) is 15.1 Å². The molecule has 4 bridgehead atoms. The van der Waals surface area contributed by atoms with Crippen LogP contribution in [-0.4, -0.2) is 22.2 Å². The van der Waals surface area contributed by atoms with Crippen molar-refractivity contribution in [2.45, 2.75) is 52.0 Å². The number of fused-ring (bicyclic) bond motifs is 1. The second-order valence-corrected chi connectivity index (χ2v) is 9.29. The van der Waals surface area contributed by atoms with Gasteiger partial charge in [0.1, 0.15) is 6.54 Å². The Morgan fingerprint density at radius 2 is 1.70 bits per heavy atom. The molecule has 4 aliphatic carbocycles. The Morgan fingerprint density at radius 3 is 2.33 bits per heavy atom. The monoisotopic (exact) mass is 365 g/mol. The molecule has 4 fully saturated rings. The minimum Gasteiger partial charge on any atom is -0.354 e. The van der Waals surface area contributed by atoms with Crippen LogP contribution >= 0.6 is 0 Å². The summed E-state index contributed by atoms with van der Waals surface area (Å²) in [5, 5.41) is 8.98. The number of rotatable bonds is 4. The number of carbonyl (C=O) groups is 1. The maximum atomic E-state index is 12.7. The number of nitrogens with one attached hydrogen (secondary N) is 1. The summed E-state index contributed by atoms with van der Waals surface area (Å²) < 4.78 is 1.31. The van der Waals surface area contributed by atoms with Crippen molar-refractivity contribution in [1.29, 1.82) is 0 Å². The first-order chi connectivity index (χ1) is 13.0. The van der Waals surface area contributed by atoms with E-state index in [4.69, 9.17) is 0 Å². The summed E-state index contributed by atoms with van der Waals surface area (Å²) >= 11 is 0. The van der Waals surface area contributed by atoms with Gasteiger partial charge in [0, 0.05) is 11.9 Å². The third kappa shape index (κ3) is 2.97. The number of carbonyl (C=O) groups excluding carboxylic acids is 1. The first-order valence-corrected chi connectivity index (χ1v) is 10.2. The van der Waals surface area contributed by atoms with E-state index < -0.39 is 0 Å². The largest absolute Gasteiger partial charge is 0.354 e. The molecule has 5 heteroatoms. The molecule has 6 rings (SSSR count). The van der Waals surface area contributed by atoms with Crippen LogP contribution in [0.3, 0.4) is 0 Å². The Balaban J connectivity index is 1.30. The molecule has 142 valence electrons. The molecule has 1 heterocycles. The van der Waals surface area contributed by atoms with E-state index in [1.165, 1.54) is 43.2 Å². The second-order valence-electron chi connectivity index (χ2n) is 9.29. The summed E-state index contributed by atoms with van der Waals surface area (Å²) in [5.41, 5.74) is 0.891. The zero-order valence-corrected chi connectivity index (χ0v) is 15.9. The Bertz CT molecular complexity index is 926. The Morgan fingerprint density at radius 1 is 1.11 bits per heavy atom. The van der Waals surface area contributed by atoms with Crippen LogP contribution in [0.15, 0.2) is 29.1 Å². The molecule has 4 aliphatic rings. The van der Waals surface area contributed by atoms with Gasteiger partial charge >= 0.3 is 0 Å². The highest BCUT2D eigenvalue weighted by Gasteiger charge is 2.50. The van der Waals surface area contributed by atoms with E-state index in [1.54, 1.807) is 6.07 Å². The van der Waals surface area contributed by atoms with Crippen LogP contribution in [0.25, 0.3) is 10.8 Å². The predicted octanol–water partition coefficient (Wildman–Crippen LogP) is 3.04. The zero-order chi connectivity index (χ0) is 18.6. The highest BCUT2D eigenvalue weighted by atomic mass is 16.2. The van der Waals surface area contributed by atoms with Crippen LogP contribution in [0.5, 0.6) is 0 Å². The SMILES string of the molecule is Cc1nn(CC(=O)NCC23CC4CC(CC(C4)C2)C3)c(=O)c2ccccc12. The van der Waals surface area contributed by atoms with E-state index in [2.05, 4.69) is 10.4 Å². The van der Waals surface area contributed by atoms with Gasteiger partial charge in [-0.2, -0.15) is 5.10 Å². The molecule has 0 saturated heterocycles. The molecule has 4 saturated carbocycles. The molecule has 0 aliphatic heterocycles. The van der Waals surface area contributed by atoms with E-state index in [1.807, 2.05) is 25.1 Å². The average Bonchev–Trinajstić information content (AvgIpc) is 2.63. The fraction of sp³-hybridized carbons (Fsp3) is 0.591. The fourth-order valence-electron chi connectivity index (χ4n) is 6.50. The lowest BCUT2D eigenvalue weighted by Gasteiger charge is -2.56. The Kier molecular flexibility index (Phi) is 3.88. The lowest BCUT2D eigenvalue weighted by Crippen LogP contribution is -2.51. The van der Waals surface area contributed by atoms with E-state index in [-0.39, 0.29) is 18.0 Å². The van der Waals surface area contributed by atoms with Crippen molar-refractivity contribution < 1.29 is 4.79 Å². The van der Waals surface area contributed by atoms with Crippen molar-refractivity contribution >= 4 is 16.7 Å². The second kappa shape index (κ2) is 6.18. The number of aromatic nitrogens is 2. The van der Waals surface area contributed by atoms with Gasteiger partial charge in [0.05, 0.1) is 11.1 Å². The summed E-state index contributed by atoms with van der Waals surface area (Å²) in [4.78, 5) is 25.3. The van der Waals surface area contributed by atoms with E-state index in [0.29, 0.717) is 10.8 Å². The molecule has 2 aromatic rings. The molecule has 0 unspecified atom stereocenters. The minimum absolute atomic E-state index is 0.00310. The molecule has 1 aromatic heterocycles. The molecule has 27 heavy (non-hydrogen) atoms. The summed E-state index contributed by atoms with van der Waals surface area (Å²) in [6, 6.07) is 7.45. The van der Waals surface area contributed by atoms with Gasteiger partial charge in [0.25, 0.3) is 5.56 Å². The van der Waals surface area contributed by atoms with Crippen molar-refractivity contribution in [2.24, 2.45) is 23.2 Å². The zero-order valence-electron chi connectivity index (χ0n) is 15.9. The van der Waals surface area contributed by atoms with Gasteiger partial charge in [-0.25, -0.2) is 4.68 Å². The van der Waals surface area contributed by atoms with Crippen LogP contribution in [0.4, 0.5) is 0 Å². The van der Waals surface area contributed by atoms with Crippen molar-refractivity contribution in [3.63, 3.8) is 0 Å². The van der Waals surface area contributed by atoms with E-state index in [9.17, 15) is 9.59 Å². The lowest BCUT2D eigenvalue weighted by atomic mass is 9.49. The van der Waals surface area contributed by atoms with Gasteiger partial charge in [-0.1, -0.05) is 18.2 Å². The molecule has 1 N–H and O–H groups in total. The molecule has 0 radical (unpaired) electrons. The van der Waals surface area contributed by atoms with Gasteiger partial charge in [-0.15, -0.1) is 0 Å². The number of benzene rings is 1. The molecule has 0 atom stereocenters. The third-order valence-corrected chi connectivity index (χ3v) is 7.17. The maximum Gasteiger partial charge on any atom is 0.275 e. The molecule has 5 nitrogen and oxygen atoms in total. The van der Waals surface area contributed by atoms with E-state index in [0.717, 1.165) is 35.4 Å². The summed E-state index contributed by atoms with van der Waals surface area (Å²) in [7, 11) is 0. The number of aryl methyl sites for hydroxylation is 1. The number of hydrogen-bond donors (Lipinski definition) is 1. The quantitative estimate of drug-likeness (QED) is 0.906. The fourth-order valence-corrected chi connectivity index (χ4v) is 6.50. The summed E-state index contributed by atoms with van der Waals surface area (Å²) in [5.74, 6) is 2.52. The molecule has 1 amide bonds. The van der Waals surface area contributed by atoms with Crippen molar-refractivity contribution in [2.75, 3.05) is 6.54 Å². The van der Waals surface area contributed by atoms with Gasteiger partial charge in [-0.3, -0.25) is 9.59 Å². The predicted molar refractivity (Wildman–Crippen MR) is 104 cm³/mol. The van der Waals surface area contributed by atoms with Gasteiger partial charge in [0.15, 0.2) is 0 Å². The first-order valence-electron chi connectivity index (χ1n) is 10.2. The van der Waals surface area contributed by atoms with Crippen LogP contribution < -0.4 is 10.9 Å². The Labute approximate surface area is 159 Å². The molecular formula is C22H27N3O2. The summed E-state index contributed by atoms with van der Waals surface area (Å²) in [6.07, 6.45) is 8.03. The van der Waals surface area contributed by atoms with Gasteiger partial charge in [0.2, 0.25) is 5.91 Å². The highest BCUT2D eigenvalue weighted by Crippen LogP contribution is 2.59. The highest BCUT2D eigenvalue weighted by molar-refractivity contribution is 5.83. The normalized spacial score (nSPS) is 31.4. The molecule has 1 aromatic carbocycles.